The summed E-state index contributed by atoms with van der Waals surface area (Å²) in [4.78, 5) is 0. The maximum Gasteiger partial charge on any atom is 0.0863 e. The Bertz CT molecular complexity index is 383. The third kappa shape index (κ3) is 3.96. The van der Waals surface area contributed by atoms with Gasteiger partial charge in [0.05, 0.1) is 16.4 Å². The van der Waals surface area contributed by atoms with Crippen LogP contribution in [0.5, 0.6) is 0 Å². The Balaban J connectivity index is 2.74. The predicted octanol–water partition coefficient (Wildman–Crippen LogP) is 4.03. The monoisotopic (exact) mass is 285 g/mol. The van der Waals surface area contributed by atoms with Gasteiger partial charge in [-0.15, -0.1) is 0 Å². The zero-order valence-electron chi connectivity index (χ0n) is 13.0. The molecule has 0 aliphatic carbocycles. The molecule has 1 aromatic heterocycles. The molecule has 0 fully saturated rings. The van der Waals surface area contributed by atoms with Gasteiger partial charge in [-0.3, -0.25) is 4.68 Å². The van der Waals surface area contributed by atoms with E-state index in [4.69, 9.17) is 11.6 Å². The van der Waals surface area contributed by atoms with E-state index in [1.54, 1.807) is 0 Å². The van der Waals surface area contributed by atoms with E-state index < -0.39 is 0 Å². The molecule has 1 heterocycles. The number of nitrogens with zero attached hydrogens (tertiary/aromatic N) is 2. The summed E-state index contributed by atoms with van der Waals surface area (Å²) in [6.07, 6.45) is 3.32. The number of aryl methyl sites for hydroxylation is 2. The third-order valence-electron chi connectivity index (χ3n) is 4.04. The average molecular weight is 286 g/mol. The molecular weight excluding hydrogens is 258 g/mol. The van der Waals surface area contributed by atoms with E-state index in [0.717, 1.165) is 41.8 Å². The van der Waals surface area contributed by atoms with E-state index in [9.17, 15) is 0 Å². The van der Waals surface area contributed by atoms with Gasteiger partial charge >= 0.3 is 0 Å². The van der Waals surface area contributed by atoms with Crippen molar-refractivity contribution in [2.75, 3.05) is 0 Å². The van der Waals surface area contributed by atoms with E-state index in [1.807, 2.05) is 4.68 Å². The largest absolute Gasteiger partial charge is 0.308 e. The lowest BCUT2D eigenvalue weighted by Gasteiger charge is -2.22. The van der Waals surface area contributed by atoms with Crippen molar-refractivity contribution < 1.29 is 0 Å². The fraction of sp³-hybridized carbons (Fsp3) is 0.800. The van der Waals surface area contributed by atoms with E-state index >= 15 is 0 Å². The smallest absolute Gasteiger partial charge is 0.0863 e. The van der Waals surface area contributed by atoms with Crippen molar-refractivity contribution in [1.82, 2.24) is 15.1 Å². The van der Waals surface area contributed by atoms with Crippen molar-refractivity contribution in [2.45, 2.75) is 73.0 Å². The summed E-state index contributed by atoms with van der Waals surface area (Å²) in [7, 11) is 0. The molecule has 0 radical (unpaired) electrons. The molecular formula is C15H28ClN3. The third-order valence-corrected chi connectivity index (χ3v) is 4.48. The Morgan fingerprint density at radius 1 is 1.21 bits per heavy atom. The van der Waals surface area contributed by atoms with Crippen LogP contribution in [-0.2, 0) is 19.5 Å². The lowest BCUT2D eigenvalue weighted by Crippen LogP contribution is -2.33. The highest BCUT2D eigenvalue weighted by Gasteiger charge is 2.17. The normalized spacial score (nSPS) is 13.2. The van der Waals surface area contributed by atoms with Crippen molar-refractivity contribution in [2.24, 2.45) is 5.92 Å². The molecule has 0 amide bonds. The second-order valence-electron chi connectivity index (χ2n) is 5.12. The molecule has 4 heteroatoms. The SMILES string of the molecule is CCc1nn(CC)c(CNC(C)C(CC)CC)c1Cl. The van der Waals surface area contributed by atoms with Gasteiger partial charge in [0.25, 0.3) is 0 Å². The molecule has 19 heavy (non-hydrogen) atoms. The summed E-state index contributed by atoms with van der Waals surface area (Å²) < 4.78 is 2.02. The van der Waals surface area contributed by atoms with Crippen LogP contribution in [0.1, 0.15) is 58.8 Å². The van der Waals surface area contributed by atoms with Crippen molar-refractivity contribution in [3.05, 3.63) is 16.4 Å². The van der Waals surface area contributed by atoms with Gasteiger partial charge in [-0.25, -0.2) is 0 Å². The zero-order chi connectivity index (χ0) is 14.4. The van der Waals surface area contributed by atoms with Gasteiger partial charge < -0.3 is 5.32 Å². The van der Waals surface area contributed by atoms with E-state index in [2.05, 4.69) is 45.0 Å². The second kappa shape index (κ2) is 7.91. The van der Waals surface area contributed by atoms with E-state index in [1.165, 1.54) is 12.8 Å². The van der Waals surface area contributed by atoms with Gasteiger partial charge in [-0.05, 0) is 26.2 Å². The first kappa shape index (κ1) is 16.5. The Morgan fingerprint density at radius 2 is 1.84 bits per heavy atom. The molecule has 1 N–H and O–H groups in total. The van der Waals surface area contributed by atoms with Crippen LogP contribution in [0.25, 0.3) is 0 Å². The first-order valence-electron chi connectivity index (χ1n) is 7.56. The van der Waals surface area contributed by atoms with Crippen LogP contribution < -0.4 is 5.32 Å². The molecule has 0 aliphatic rings. The molecule has 3 nitrogen and oxygen atoms in total. The van der Waals surface area contributed by atoms with Crippen LogP contribution in [-0.4, -0.2) is 15.8 Å². The maximum absolute atomic E-state index is 6.42. The van der Waals surface area contributed by atoms with Crippen LogP contribution in [0.15, 0.2) is 0 Å². The quantitative estimate of drug-likeness (QED) is 0.781. The molecule has 0 spiro atoms. The molecule has 1 unspecified atom stereocenters. The number of rotatable bonds is 8. The lowest BCUT2D eigenvalue weighted by atomic mass is 9.95. The number of halogens is 1. The van der Waals surface area contributed by atoms with Gasteiger partial charge in [0.2, 0.25) is 0 Å². The predicted molar refractivity (Wildman–Crippen MR) is 82.7 cm³/mol. The molecule has 0 bridgehead atoms. The highest BCUT2D eigenvalue weighted by atomic mass is 35.5. The Morgan fingerprint density at radius 3 is 2.32 bits per heavy atom. The van der Waals surface area contributed by atoms with Crippen LogP contribution in [0.3, 0.4) is 0 Å². The fourth-order valence-corrected chi connectivity index (χ4v) is 2.94. The minimum atomic E-state index is 0.511. The van der Waals surface area contributed by atoms with Gasteiger partial charge in [-0.1, -0.05) is 45.2 Å². The maximum atomic E-state index is 6.42. The van der Waals surface area contributed by atoms with Crippen molar-refractivity contribution >= 4 is 11.6 Å². The van der Waals surface area contributed by atoms with Crippen LogP contribution in [0.4, 0.5) is 0 Å². The van der Waals surface area contributed by atoms with Crippen LogP contribution in [0, 0.1) is 5.92 Å². The lowest BCUT2D eigenvalue weighted by molar-refractivity contribution is 0.349. The van der Waals surface area contributed by atoms with Gasteiger partial charge in [0.1, 0.15) is 0 Å². The summed E-state index contributed by atoms with van der Waals surface area (Å²) in [5.74, 6) is 0.724. The number of hydrogen-bond donors (Lipinski definition) is 1. The first-order valence-corrected chi connectivity index (χ1v) is 7.94. The number of nitrogens with one attached hydrogen (secondary N) is 1. The minimum absolute atomic E-state index is 0.511. The molecule has 0 saturated carbocycles. The summed E-state index contributed by atoms with van der Waals surface area (Å²) in [5.41, 5.74) is 2.13. The standard InChI is InChI=1S/C15H28ClN3/c1-6-12(7-2)11(5)17-10-14-15(16)13(8-3)18-19(14)9-4/h11-12,17H,6-10H2,1-5H3. The topological polar surface area (TPSA) is 29.9 Å². The zero-order valence-corrected chi connectivity index (χ0v) is 13.7. The van der Waals surface area contributed by atoms with E-state index in [-0.39, 0.29) is 0 Å². The molecule has 0 saturated heterocycles. The van der Waals surface area contributed by atoms with Crippen molar-refractivity contribution in [3.8, 4) is 0 Å². The first-order chi connectivity index (χ1) is 9.08. The Kier molecular flexibility index (Phi) is 6.87. The fourth-order valence-electron chi connectivity index (χ4n) is 2.61. The summed E-state index contributed by atoms with van der Waals surface area (Å²) in [5, 5.41) is 9.00. The van der Waals surface area contributed by atoms with Crippen LogP contribution >= 0.6 is 11.6 Å². The van der Waals surface area contributed by atoms with Gasteiger partial charge in [0.15, 0.2) is 0 Å². The average Bonchev–Trinajstić information content (AvgIpc) is 2.73. The van der Waals surface area contributed by atoms with Crippen molar-refractivity contribution in [3.63, 3.8) is 0 Å². The molecule has 0 aromatic carbocycles. The van der Waals surface area contributed by atoms with Gasteiger partial charge in [-0.2, -0.15) is 5.10 Å². The highest BCUT2D eigenvalue weighted by Crippen LogP contribution is 2.22. The summed E-state index contributed by atoms with van der Waals surface area (Å²) in [6, 6.07) is 0.511. The van der Waals surface area contributed by atoms with E-state index in [0.29, 0.717) is 6.04 Å². The van der Waals surface area contributed by atoms with Gasteiger partial charge in [0, 0.05) is 19.1 Å². The second-order valence-corrected chi connectivity index (χ2v) is 5.50. The summed E-state index contributed by atoms with van der Waals surface area (Å²) in [6.45, 7) is 12.6. The van der Waals surface area contributed by atoms with Crippen molar-refractivity contribution in [1.29, 1.82) is 0 Å². The highest BCUT2D eigenvalue weighted by molar-refractivity contribution is 6.31. The minimum Gasteiger partial charge on any atom is -0.308 e. The Labute approximate surface area is 122 Å². The molecule has 0 aliphatic heterocycles. The number of aromatic nitrogens is 2. The molecule has 110 valence electrons. The Hall–Kier alpha value is -0.540. The molecule has 1 rings (SSSR count). The molecule has 1 atom stereocenters. The number of hydrogen-bond acceptors (Lipinski definition) is 2. The summed E-state index contributed by atoms with van der Waals surface area (Å²) >= 11 is 6.42. The van der Waals surface area contributed by atoms with Crippen LogP contribution in [0.2, 0.25) is 5.02 Å². The molecule has 1 aromatic rings.